The SMILES string of the molecule is CNCCC=C(C)c1ccccc1Cl. The van der Waals surface area contributed by atoms with E-state index in [1.807, 2.05) is 31.3 Å². The zero-order valence-corrected chi connectivity index (χ0v) is 9.43. The monoisotopic (exact) mass is 209 g/mol. The second-order valence-electron chi connectivity index (χ2n) is 3.26. The Morgan fingerprint density at radius 1 is 1.43 bits per heavy atom. The highest BCUT2D eigenvalue weighted by atomic mass is 35.5. The van der Waals surface area contributed by atoms with Gasteiger partial charge in [0.2, 0.25) is 0 Å². The van der Waals surface area contributed by atoms with Gasteiger partial charge in [-0.2, -0.15) is 0 Å². The molecule has 1 aromatic carbocycles. The molecule has 0 saturated carbocycles. The highest BCUT2D eigenvalue weighted by molar-refractivity contribution is 6.32. The molecule has 1 aromatic rings. The van der Waals surface area contributed by atoms with Gasteiger partial charge >= 0.3 is 0 Å². The minimum atomic E-state index is 0.825. The Balaban J connectivity index is 2.73. The Morgan fingerprint density at radius 2 is 2.14 bits per heavy atom. The maximum Gasteiger partial charge on any atom is 0.0480 e. The van der Waals surface area contributed by atoms with E-state index < -0.39 is 0 Å². The van der Waals surface area contributed by atoms with Crippen LogP contribution < -0.4 is 5.32 Å². The van der Waals surface area contributed by atoms with Gasteiger partial charge in [-0.3, -0.25) is 0 Å². The van der Waals surface area contributed by atoms with Crippen molar-refractivity contribution in [3.05, 3.63) is 40.9 Å². The van der Waals surface area contributed by atoms with Gasteiger partial charge in [0.05, 0.1) is 0 Å². The van der Waals surface area contributed by atoms with Crippen molar-refractivity contribution < 1.29 is 0 Å². The summed E-state index contributed by atoms with van der Waals surface area (Å²) >= 11 is 6.08. The van der Waals surface area contributed by atoms with Crippen LogP contribution in [0.25, 0.3) is 5.57 Å². The predicted molar refractivity (Wildman–Crippen MR) is 63.6 cm³/mol. The van der Waals surface area contributed by atoms with Crippen molar-refractivity contribution in [2.45, 2.75) is 13.3 Å². The van der Waals surface area contributed by atoms with Gasteiger partial charge in [0, 0.05) is 5.02 Å². The molecule has 1 N–H and O–H groups in total. The van der Waals surface area contributed by atoms with Gasteiger partial charge in [-0.05, 0) is 44.1 Å². The average Bonchev–Trinajstić information content (AvgIpc) is 2.18. The Hall–Kier alpha value is -0.790. The van der Waals surface area contributed by atoms with Crippen LogP contribution in [0.3, 0.4) is 0 Å². The summed E-state index contributed by atoms with van der Waals surface area (Å²) in [4.78, 5) is 0. The summed E-state index contributed by atoms with van der Waals surface area (Å²) in [5, 5.41) is 3.94. The van der Waals surface area contributed by atoms with E-state index >= 15 is 0 Å². The topological polar surface area (TPSA) is 12.0 Å². The van der Waals surface area contributed by atoms with Gasteiger partial charge in [0.1, 0.15) is 0 Å². The van der Waals surface area contributed by atoms with E-state index in [9.17, 15) is 0 Å². The molecule has 0 saturated heterocycles. The Morgan fingerprint density at radius 3 is 2.79 bits per heavy atom. The molecule has 0 unspecified atom stereocenters. The lowest BCUT2D eigenvalue weighted by molar-refractivity contribution is 0.808. The molecule has 0 aliphatic carbocycles. The third kappa shape index (κ3) is 3.17. The number of rotatable bonds is 4. The molecule has 0 radical (unpaired) electrons. The van der Waals surface area contributed by atoms with Crippen molar-refractivity contribution in [2.24, 2.45) is 0 Å². The van der Waals surface area contributed by atoms with Crippen molar-refractivity contribution in [1.29, 1.82) is 0 Å². The van der Waals surface area contributed by atoms with Crippen molar-refractivity contribution in [1.82, 2.24) is 5.32 Å². The van der Waals surface area contributed by atoms with Crippen molar-refractivity contribution in [3.63, 3.8) is 0 Å². The molecule has 0 bridgehead atoms. The van der Waals surface area contributed by atoms with Crippen LogP contribution in [0.2, 0.25) is 5.02 Å². The molecular formula is C12H16ClN. The minimum Gasteiger partial charge on any atom is -0.319 e. The van der Waals surface area contributed by atoms with E-state index in [4.69, 9.17) is 11.6 Å². The van der Waals surface area contributed by atoms with Crippen LogP contribution in [0, 0.1) is 0 Å². The maximum atomic E-state index is 6.08. The van der Waals surface area contributed by atoms with E-state index in [0.717, 1.165) is 23.6 Å². The number of benzene rings is 1. The second-order valence-corrected chi connectivity index (χ2v) is 3.67. The highest BCUT2D eigenvalue weighted by Gasteiger charge is 1.99. The first-order valence-corrected chi connectivity index (χ1v) is 5.19. The Kier molecular flexibility index (Phi) is 4.71. The summed E-state index contributed by atoms with van der Waals surface area (Å²) in [7, 11) is 1.96. The first kappa shape index (κ1) is 11.3. The molecule has 0 heterocycles. The highest BCUT2D eigenvalue weighted by Crippen LogP contribution is 2.23. The number of allylic oxidation sites excluding steroid dienone is 1. The van der Waals surface area contributed by atoms with Gasteiger partial charge in [-0.15, -0.1) is 0 Å². The lowest BCUT2D eigenvalue weighted by atomic mass is 10.1. The fourth-order valence-electron chi connectivity index (χ4n) is 1.32. The molecule has 1 rings (SSSR count). The molecule has 76 valence electrons. The first-order chi connectivity index (χ1) is 6.75. The van der Waals surface area contributed by atoms with Gasteiger partial charge in [-0.25, -0.2) is 0 Å². The number of halogens is 1. The van der Waals surface area contributed by atoms with Crippen LogP contribution in [0.5, 0.6) is 0 Å². The fraction of sp³-hybridized carbons (Fsp3) is 0.333. The molecule has 0 aromatic heterocycles. The van der Waals surface area contributed by atoms with Gasteiger partial charge < -0.3 is 5.32 Å². The smallest absolute Gasteiger partial charge is 0.0480 e. The van der Waals surface area contributed by atoms with E-state index in [0.29, 0.717) is 0 Å². The molecule has 0 aliphatic heterocycles. The third-order valence-electron chi connectivity index (χ3n) is 2.14. The fourth-order valence-corrected chi connectivity index (χ4v) is 1.61. The molecule has 0 fully saturated rings. The van der Waals surface area contributed by atoms with Crippen LogP contribution in [-0.4, -0.2) is 13.6 Å². The number of hydrogen-bond acceptors (Lipinski definition) is 1. The largest absolute Gasteiger partial charge is 0.319 e. The lowest BCUT2D eigenvalue weighted by Crippen LogP contribution is -2.05. The summed E-state index contributed by atoms with van der Waals surface area (Å²) in [6.45, 7) is 3.10. The summed E-state index contributed by atoms with van der Waals surface area (Å²) in [5.74, 6) is 0. The zero-order chi connectivity index (χ0) is 10.4. The first-order valence-electron chi connectivity index (χ1n) is 4.82. The molecule has 14 heavy (non-hydrogen) atoms. The van der Waals surface area contributed by atoms with Gasteiger partial charge in [0.25, 0.3) is 0 Å². The molecule has 0 atom stereocenters. The van der Waals surface area contributed by atoms with Crippen LogP contribution in [0.4, 0.5) is 0 Å². The Labute approximate surface area is 90.8 Å². The van der Waals surface area contributed by atoms with E-state index in [1.165, 1.54) is 5.57 Å². The lowest BCUT2D eigenvalue weighted by Gasteiger charge is -2.04. The van der Waals surface area contributed by atoms with Crippen LogP contribution in [0.15, 0.2) is 30.3 Å². The zero-order valence-electron chi connectivity index (χ0n) is 8.68. The van der Waals surface area contributed by atoms with E-state index in [2.05, 4.69) is 18.3 Å². The standard InChI is InChI=1S/C12H16ClN/c1-10(6-5-9-14-2)11-7-3-4-8-12(11)13/h3-4,6-8,14H,5,9H2,1-2H3. The second kappa shape index (κ2) is 5.84. The maximum absolute atomic E-state index is 6.08. The summed E-state index contributed by atoms with van der Waals surface area (Å²) in [5.41, 5.74) is 2.37. The van der Waals surface area contributed by atoms with E-state index in [-0.39, 0.29) is 0 Å². The van der Waals surface area contributed by atoms with E-state index in [1.54, 1.807) is 0 Å². The van der Waals surface area contributed by atoms with Crippen LogP contribution >= 0.6 is 11.6 Å². The summed E-state index contributed by atoms with van der Waals surface area (Å²) in [6.07, 6.45) is 3.24. The molecular weight excluding hydrogens is 194 g/mol. The predicted octanol–water partition coefficient (Wildman–Crippen LogP) is 3.35. The average molecular weight is 210 g/mol. The van der Waals surface area contributed by atoms with Crippen molar-refractivity contribution in [2.75, 3.05) is 13.6 Å². The molecule has 2 heteroatoms. The van der Waals surface area contributed by atoms with Crippen LogP contribution in [-0.2, 0) is 0 Å². The van der Waals surface area contributed by atoms with Gasteiger partial charge in [0.15, 0.2) is 0 Å². The molecule has 1 nitrogen and oxygen atoms in total. The molecule has 0 aliphatic rings. The summed E-state index contributed by atoms with van der Waals surface area (Å²) < 4.78 is 0. The molecule has 0 amide bonds. The normalized spacial score (nSPS) is 11.8. The van der Waals surface area contributed by atoms with Gasteiger partial charge in [-0.1, -0.05) is 35.9 Å². The Bertz CT molecular complexity index is 318. The summed E-state index contributed by atoms with van der Waals surface area (Å²) in [6, 6.07) is 7.93. The molecule has 0 spiro atoms. The van der Waals surface area contributed by atoms with Crippen molar-refractivity contribution >= 4 is 17.2 Å². The third-order valence-corrected chi connectivity index (χ3v) is 2.47. The number of hydrogen-bond donors (Lipinski definition) is 1. The quantitative estimate of drug-likeness (QED) is 0.750. The number of nitrogens with one attached hydrogen (secondary N) is 1. The van der Waals surface area contributed by atoms with Crippen molar-refractivity contribution in [3.8, 4) is 0 Å². The van der Waals surface area contributed by atoms with Crippen LogP contribution in [0.1, 0.15) is 18.9 Å². The minimum absolute atomic E-state index is 0.825.